The molecule has 114 valence electrons. The SMILES string of the molecule is c1ccc2cc(Oc3ccc4sc5ccccc5c4c3)ccc2c1. The predicted octanol–water partition coefficient (Wildman–Crippen LogP) is 7.00. The highest BCUT2D eigenvalue weighted by molar-refractivity contribution is 7.25. The zero-order valence-corrected chi connectivity index (χ0v) is 13.7. The van der Waals surface area contributed by atoms with Crippen molar-refractivity contribution in [3.63, 3.8) is 0 Å². The first-order valence-corrected chi connectivity index (χ1v) is 8.76. The van der Waals surface area contributed by atoms with Crippen LogP contribution in [0.1, 0.15) is 0 Å². The van der Waals surface area contributed by atoms with Gasteiger partial charge in [0.15, 0.2) is 0 Å². The molecule has 0 bridgehead atoms. The molecule has 1 aromatic heterocycles. The van der Waals surface area contributed by atoms with Crippen molar-refractivity contribution in [2.75, 3.05) is 0 Å². The maximum Gasteiger partial charge on any atom is 0.128 e. The normalized spacial score (nSPS) is 11.3. The Morgan fingerprint density at radius 2 is 1.25 bits per heavy atom. The van der Waals surface area contributed by atoms with Crippen molar-refractivity contribution in [2.45, 2.75) is 0 Å². The lowest BCUT2D eigenvalue weighted by Crippen LogP contribution is -1.84. The van der Waals surface area contributed by atoms with E-state index in [9.17, 15) is 0 Å². The van der Waals surface area contributed by atoms with Gasteiger partial charge in [-0.05, 0) is 47.2 Å². The molecule has 0 atom stereocenters. The minimum Gasteiger partial charge on any atom is -0.457 e. The maximum atomic E-state index is 6.12. The van der Waals surface area contributed by atoms with Crippen LogP contribution in [0.5, 0.6) is 11.5 Å². The zero-order chi connectivity index (χ0) is 15.9. The number of rotatable bonds is 2. The molecule has 0 aliphatic heterocycles. The first kappa shape index (κ1) is 13.6. The molecule has 0 N–H and O–H groups in total. The van der Waals surface area contributed by atoms with Crippen LogP contribution in [0, 0.1) is 0 Å². The van der Waals surface area contributed by atoms with Gasteiger partial charge in [0.1, 0.15) is 11.5 Å². The zero-order valence-electron chi connectivity index (χ0n) is 12.9. The summed E-state index contributed by atoms with van der Waals surface area (Å²) in [5.41, 5.74) is 0. The number of hydrogen-bond donors (Lipinski definition) is 0. The largest absolute Gasteiger partial charge is 0.457 e. The molecule has 0 aliphatic carbocycles. The first-order chi connectivity index (χ1) is 11.9. The van der Waals surface area contributed by atoms with Gasteiger partial charge in [-0.15, -0.1) is 11.3 Å². The van der Waals surface area contributed by atoms with E-state index in [1.54, 1.807) is 0 Å². The molecule has 0 spiro atoms. The van der Waals surface area contributed by atoms with Gasteiger partial charge in [0.2, 0.25) is 0 Å². The topological polar surface area (TPSA) is 9.23 Å². The molecule has 0 fully saturated rings. The van der Waals surface area contributed by atoms with Crippen LogP contribution in [0.25, 0.3) is 30.9 Å². The highest BCUT2D eigenvalue weighted by atomic mass is 32.1. The molecule has 5 aromatic rings. The van der Waals surface area contributed by atoms with Gasteiger partial charge in [0.05, 0.1) is 0 Å². The molecule has 24 heavy (non-hydrogen) atoms. The van der Waals surface area contributed by atoms with E-state index < -0.39 is 0 Å². The smallest absolute Gasteiger partial charge is 0.128 e. The predicted molar refractivity (Wildman–Crippen MR) is 103 cm³/mol. The van der Waals surface area contributed by atoms with E-state index in [4.69, 9.17) is 4.74 Å². The summed E-state index contributed by atoms with van der Waals surface area (Å²) in [7, 11) is 0. The number of thiophene rings is 1. The summed E-state index contributed by atoms with van der Waals surface area (Å²) in [6.07, 6.45) is 0. The number of benzene rings is 4. The molecular formula is C22H14OS. The van der Waals surface area contributed by atoms with Crippen molar-refractivity contribution < 1.29 is 4.74 Å². The highest BCUT2D eigenvalue weighted by Gasteiger charge is 2.06. The Balaban J connectivity index is 1.59. The summed E-state index contributed by atoms with van der Waals surface area (Å²) in [5, 5.41) is 4.97. The van der Waals surface area contributed by atoms with Gasteiger partial charge in [0, 0.05) is 20.2 Å². The van der Waals surface area contributed by atoms with Crippen molar-refractivity contribution in [3.8, 4) is 11.5 Å². The van der Waals surface area contributed by atoms with E-state index in [1.165, 1.54) is 30.9 Å². The summed E-state index contributed by atoms with van der Waals surface area (Å²) < 4.78 is 8.73. The Morgan fingerprint density at radius 1 is 0.542 bits per heavy atom. The van der Waals surface area contributed by atoms with Crippen molar-refractivity contribution in [2.24, 2.45) is 0 Å². The van der Waals surface area contributed by atoms with Crippen molar-refractivity contribution >= 4 is 42.3 Å². The fourth-order valence-corrected chi connectivity index (χ4v) is 4.22. The molecular weight excluding hydrogens is 312 g/mol. The summed E-state index contributed by atoms with van der Waals surface area (Å²) in [6, 6.07) is 29.4. The lowest BCUT2D eigenvalue weighted by atomic mass is 10.1. The van der Waals surface area contributed by atoms with E-state index >= 15 is 0 Å². The van der Waals surface area contributed by atoms with Gasteiger partial charge < -0.3 is 4.74 Å². The average molecular weight is 326 g/mol. The first-order valence-electron chi connectivity index (χ1n) is 7.95. The summed E-state index contributed by atoms with van der Waals surface area (Å²) in [6.45, 7) is 0. The lowest BCUT2D eigenvalue weighted by Gasteiger charge is -2.07. The molecule has 4 aromatic carbocycles. The van der Waals surface area contributed by atoms with Crippen LogP contribution in [0.15, 0.2) is 84.9 Å². The van der Waals surface area contributed by atoms with Crippen LogP contribution in [-0.2, 0) is 0 Å². The Hall–Kier alpha value is -2.84. The lowest BCUT2D eigenvalue weighted by molar-refractivity contribution is 0.484. The van der Waals surface area contributed by atoms with Crippen molar-refractivity contribution in [3.05, 3.63) is 84.9 Å². The third-order valence-corrected chi connectivity index (χ3v) is 5.46. The van der Waals surface area contributed by atoms with Crippen LogP contribution in [0.2, 0.25) is 0 Å². The molecule has 1 heterocycles. The van der Waals surface area contributed by atoms with Crippen LogP contribution in [0.4, 0.5) is 0 Å². The molecule has 1 nitrogen and oxygen atoms in total. The minimum absolute atomic E-state index is 0.868. The number of hydrogen-bond acceptors (Lipinski definition) is 2. The monoisotopic (exact) mass is 326 g/mol. The second-order valence-electron chi connectivity index (χ2n) is 5.87. The van der Waals surface area contributed by atoms with Gasteiger partial charge in [0.25, 0.3) is 0 Å². The van der Waals surface area contributed by atoms with E-state index in [0.29, 0.717) is 0 Å². The van der Waals surface area contributed by atoms with E-state index in [0.717, 1.165) is 11.5 Å². The summed E-state index contributed by atoms with van der Waals surface area (Å²) in [4.78, 5) is 0. The number of ether oxygens (including phenoxy) is 1. The third-order valence-electron chi connectivity index (χ3n) is 4.30. The molecule has 0 amide bonds. The fraction of sp³-hybridized carbons (Fsp3) is 0. The molecule has 0 radical (unpaired) electrons. The summed E-state index contributed by atoms with van der Waals surface area (Å²) in [5.74, 6) is 1.74. The second kappa shape index (κ2) is 5.36. The standard InChI is InChI=1S/C22H14OS/c1-2-6-16-13-17(10-9-15(16)5-1)23-18-11-12-22-20(14-18)19-7-3-4-8-21(19)24-22/h1-14H. The molecule has 0 unspecified atom stereocenters. The highest BCUT2D eigenvalue weighted by Crippen LogP contribution is 2.36. The maximum absolute atomic E-state index is 6.12. The Labute approximate surface area is 143 Å². The van der Waals surface area contributed by atoms with Crippen LogP contribution in [-0.4, -0.2) is 0 Å². The Kier molecular flexibility index (Phi) is 3.03. The molecule has 5 rings (SSSR count). The Morgan fingerprint density at radius 3 is 2.21 bits per heavy atom. The molecule has 2 heteroatoms. The van der Waals surface area contributed by atoms with Crippen molar-refractivity contribution in [1.82, 2.24) is 0 Å². The summed E-state index contributed by atoms with van der Waals surface area (Å²) >= 11 is 1.82. The van der Waals surface area contributed by atoms with E-state index in [2.05, 4.69) is 72.8 Å². The molecule has 0 saturated carbocycles. The van der Waals surface area contributed by atoms with E-state index in [-0.39, 0.29) is 0 Å². The van der Waals surface area contributed by atoms with Crippen LogP contribution < -0.4 is 4.74 Å². The number of fused-ring (bicyclic) bond motifs is 4. The second-order valence-corrected chi connectivity index (χ2v) is 6.95. The minimum atomic E-state index is 0.868. The van der Waals surface area contributed by atoms with Crippen LogP contribution in [0.3, 0.4) is 0 Å². The van der Waals surface area contributed by atoms with E-state index in [1.807, 2.05) is 23.5 Å². The van der Waals surface area contributed by atoms with Gasteiger partial charge in [-0.1, -0.05) is 48.5 Å². The van der Waals surface area contributed by atoms with Gasteiger partial charge in [-0.3, -0.25) is 0 Å². The van der Waals surface area contributed by atoms with Gasteiger partial charge in [-0.25, -0.2) is 0 Å². The third kappa shape index (κ3) is 2.24. The molecule has 0 saturated heterocycles. The van der Waals surface area contributed by atoms with Gasteiger partial charge >= 0.3 is 0 Å². The fourth-order valence-electron chi connectivity index (χ4n) is 3.14. The Bertz CT molecular complexity index is 1190. The van der Waals surface area contributed by atoms with Gasteiger partial charge in [-0.2, -0.15) is 0 Å². The molecule has 0 aliphatic rings. The van der Waals surface area contributed by atoms with Crippen LogP contribution >= 0.6 is 11.3 Å². The van der Waals surface area contributed by atoms with Crippen molar-refractivity contribution in [1.29, 1.82) is 0 Å². The quantitative estimate of drug-likeness (QED) is 0.339. The average Bonchev–Trinajstić information content (AvgIpc) is 3.00.